The van der Waals surface area contributed by atoms with Crippen LogP contribution in [0.2, 0.25) is 0 Å². The minimum atomic E-state index is -0.411. The van der Waals surface area contributed by atoms with Crippen LogP contribution in [0.25, 0.3) is 6.08 Å². The molecule has 2 amide bonds. The van der Waals surface area contributed by atoms with Crippen LogP contribution in [0.1, 0.15) is 5.56 Å². The quantitative estimate of drug-likeness (QED) is 0.737. The molecule has 5 nitrogen and oxygen atoms in total. The molecule has 2 heterocycles. The van der Waals surface area contributed by atoms with Gasteiger partial charge < -0.3 is 4.90 Å². The largest absolute Gasteiger partial charge is 0.369 e. The van der Waals surface area contributed by atoms with Crippen LogP contribution in [0.15, 0.2) is 59.5 Å². The fourth-order valence-electron chi connectivity index (χ4n) is 3.34. The highest BCUT2D eigenvalue weighted by Gasteiger charge is 2.36. The molecule has 0 saturated carbocycles. The molecule has 0 N–H and O–H groups in total. The van der Waals surface area contributed by atoms with Crippen molar-refractivity contribution < 1.29 is 14.0 Å². The van der Waals surface area contributed by atoms with Crippen molar-refractivity contribution in [1.82, 2.24) is 9.80 Å². The van der Waals surface area contributed by atoms with Crippen LogP contribution in [0, 0.1) is 5.82 Å². The van der Waals surface area contributed by atoms with E-state index in [0.717, 1.165) is 37.9 Å². The number of nitrogens with zero attached hydrogens (tertiary/aromatic N) is 3. The second kappa shape index (κ2) is 8.16. The predicted molar refractivity (Wildman–Crippen MR) is 109 cm³/mol. The summed E-state index contributed by atoms with van der Waals surface area (Å²) in [5.74, 6) is -0.768. The van der Waals surface area contributed by atoms with E-state index in [1.807, 2.05) is 18.2 Å². The number of piperazine rings is 1. The van der Waals surface area contributed by atoms with Crippen LogP contribution in [-0.4, -0.2) is 53.8 Å². The third kappa shape index (κ3) is 3.95. The van der Waals surface area contributed by atoms with Gasteiger partial charge in [-0.05, 0) is 36.0 Å². The van der Waals surface area contributed by atoms with Crippen molar-refractivity contribution in [2.24, 2.45) is 0 Å². The van der Waals surface area contributed by atoms with Crippen LogP contribution in [0.4, 0.5) is 14.9 Å². The second-order valence-electron chi connectivity index (χ2n) is 6.71. The zero-order valence-electron chi connectivity index (χ0n) is 15.3. The van der Waals surface area contributed by atoms with E-state index in [9.17, 15) is 14.0 Å². The Hall–Kier alpha value is -2.64. The van der Waals surface area contributed by atoms with Gasteiger partial charge in [-0.25, -0.2) is 4.39 Å². The molecule has 7 heteroatoms. The van der Waals surface area contributed by atoms with Gasteiger partial charge in [0.2, 0.25) is 0 Å². The maximum atomic E-state index is 13.8. The number of benzene rings is 2. The van der Waals surface area contributed by atoms with Crippen molar-refractivity contribution in [2.75, 3.05) is 37.7 Å². The van der Waals surface area contributed by atoms with Gasteiger partial charge >= 0.3 is 0 Å². The maximum Gasteiger partial charge on any atom is 0.294 e. The summed E-state index contributed by atoms with van der Waals surface area (Å²) < 4.78 is 13.8. The molecule has 0 spiro atoms. The lowest BCUT2D eigenvalue weighted by molar-refractivity contribution is -0.124. The number of para-hydroxylation sites is 1. The van der Waals surface area contributed by atoms with E-state index in [1.54, 1.807) is 18.2 Å². The standard InChI is InChI=1S/C21H20FN3O2S/c22-18-9-5-4-6-16(18)14-19-20(26)25(21(27)28-19)15-23-10-12-24(13-11-23)17-7-2-1-3-8-17/h1-9,14H,10-13,15H2/b19-14+. The van der Waals surface area contributed by atoms with Gasteiger partial charge in [0.05, 0.1) is 11.6 Å². The summed E-state index contributed by atoms with van der Waals surface area (Å²) in [6.07, 6.45) is 1.45. The molecule has 0 unspecified atom stereocenters. The van der Waals surface area contributed by atoms with Crippen molar-refractivity contribution in [1.29, 1.82) is 0 Å². The summed E-state index contributed by atoms with van der Waals surface area (Å²) in [5, 5.41) is -0.307. The van der Waals surface area contributed by atoms with E-state index >= 15 is 0 Å². The lowest BCUT2D eigenvalue weighted by Gasteiger charge is -2.37. The monoisotopic (exact) mass is 397 g/mol. The zero-order chi connectivity index (χ0) is 19.5. The summed E-state index contributed by atoms with van der Waals surface area (Å²) >= 11 is 0.866. The molecule has 0 aromatic heterocycles. The van der Waals surface area contributed by atoms with Crippen molar-refractivity contribution in [3.05, 3.63) is 70.9 Å². The highest BCUT2D eigenvalue weighted by molar-refractivity contribution is 8.18. The fourth-order valence-corrected chi connectivity index (χ4v) is 4.16. The van der Waals surface area contributed by atoms with Crippen LogP contribution in [0.3, 0.4) is 0 Å². The lowest BCUT2D eigenvalue weighted by atomic mass is 10.2. The minimum absolute atomic E-state index is 0.262. The number of halogens is 1. The SMILES string of the molecule is O=C1S/C(=C/c2ccccc2F)C(=O)N1CN1CCN(c2ccccc2)CC1. The Morgan fingerprint density at radius 1 is 0.929 bits per heavy atom. The van der Waals surface area contributed by atoms with E-state index in [1.165, 1.54) is 22.7 Å². The predicted octanol–water partition coefficient (Wildman–Crippen LogP) is 3.64. The highest BCUT2D eigenvalue weighted by atomic mass is 32.2. The van der Waals surface area contributed by atoms with E-state index in [-0.39, 0.29) is 22.7 Å². The van der Waals surface area contributed by atoms with E-state index in [0.29, 0.717) is 5.56 Å². The third-order valence-electron chi connectivity index (χ3n) is 4.90. The van der Waals surface area contributed by atoms with Gasteiger partial charge in [-0.2, -0.15) is 0 Å². The number of carbonyl (C=O) groups is 2. The molecule has 144 valence electrons. The Balaban J connectivity index is 1.39. The zero-order valence-corrected chi connectivity index (χ0v) is 16.1. The molecule has 2 aliphatic rings. The molecule has 0 atom stereocenters. The van der Waals surface area contributed by atoms with E-state index < -0.39 is 5.82 Å². The van der Waals surface area contributed by atoms with Gasteiger partial charge in [-0.3, -0.25) is 19.4 Å². The molecule has 0 radical (unpaired) electrons. The molecule has 2 aromatic rings. The van der Waals surface area contributed by atoms with Gasteiger partial charge in [-0.15, -0.1) is 0 Å². The molecule has 2 aromatic carbocycles. The molecule has 0 aliphatic carbocycles. The number of carbonyl (C=O) groups excluding carboxylic acids is 2. The lowest BCUT2D eigenvalue weighted by Crippen LogP contribution is -2.50. The average Bonchev–Trinajstić information content (AvgIpc) is 2.98. The summed E-state index contributed by atoms with van der Waals surface area (Å²) in [6, 6.07) is 16.4. The molecule has 2 fully saturated rings. The first kappa shape index (κ1) is 18.7. The molecular weight excluding hydrogens is 377 g/mol. The maximum absolute atomic E-state index is 13.8. The number of hydrogen-bond donors (Lipinski definition) is 0. The summed E-state index contributed by atoms with van der Waals surface area (Å²) in [6.45, 7) is 3.48. The van der Waals surface area contributed by atoms with Crippen molar-refractivity contribution in [3.63, 3.8) is 0 Å². The van der Waals surface area contributed by atoms with Crippen molar-refractivity contribution in [2.45, 2.75) is 0 Å². The van der Waals surface area contributed by atoms with Crippen LogP contribution < -0.4 is 4.90 Å². The Labute approximate surface area is 167 Å². The number of amides is 2. The van der Waals surface area contributed by atoms with Gasteiger partial charge in [0.1, 0.15) is 5.82 Å². The number of rotatable bonds is 4. The fraction of sp³-hybridized carbons (Fsp3) is 0.238. The van der Waals surface area contributed by atoms with Crippen LogP contribution in [-0.2, 0) is 4.79 Å². The van der Waals surface area contributed by atoms with Crippen LogP contribution >= 0.6 is 11.8 Å². The van der Waals surface area contributed by atoms with Gasteiger partial charge in [0, 0.05) is 37.4 Å². The first-order valence-corrected chi connectivity index (χ1v) is 9.96. The summed E-state index contributed by atoms with van der Waals surface area (Å²) in [5.41, 5.74) is 1.49. The number of hydrogen-bond acceptors (Lipinski definition) is 5. The van der Waals surface area contributed by atoms with Gasteiger partial charge in [-0.1, -0.05) is 36.4 Å². The van der Waals surface area contributed by atoms with Gasteiger partial charge in [0.25, 0.3) is 11.1 Å². The number of thioether (sulfide) groups is 1. The van der Waals surface area contributed by atoms with E-state index in [4.69, 9.17) is 0 Å². The van der Waals surface area contributed by atoms with Crippen LogP contribution in [0.5, 0.6) is 0 Å². The molecule has 4 rings (SSSR count). The normalized spacial score (nSPS) is 19.7. The summed E-state index contributed by atoms with van der Waals surface area (Å²) in [4.78, 5) is 30.9. The third-order valence-corrected chi connectivity index (χ3v) is 5.81. The van der Waals surface area contributed by atoms with Crippen molar-refractivity contribution in [3.8, 4) is 0 Å². The molecular formula is C21H20FN3O2S. The topological polar surface area (TPSA) is 43.9 Å². The molecule has 28 heavy (non-hydrogen) atoms. The van der Waals surface area contributed by atoms with E-state index in [2.05, 4.69) is 21.9 Å². The minimum Gasteiger partial charge on any atom is -0.369 e. The highest BCUT2D eigenvalue weighted by Crippen LogP contribution is 2.32. The molecule has 2 saturated heterocycles. The molecule has 0 bridgehead atoms. The summed E-state index contributed by atoms with van der Waals surface area (Å²) in [7, 11) is 0. The Bertz CT molecular complexity index is 911. The first-order chi connectivity index (χ1) is 13.6. The smallest absolute Gasteiger partial charge is 0.294 e. The average molecular weight is 397 g/mol. The first-order valence-electron chi connectivity index (χ1n) is 9.14. The Morgan fingerprint density at radius 2 is 1.61 bits per heavy atom. The Kier molecular flexibility index (Phi) is 5.45. The Morgan fingerprint density at radius 3 is 2.32 bits per heavy atom. The van der Waals surface area contributed by atoms with Gasteiger partial charge in [0.15, 0.2) is 0 Å². The number of imide groups is 1. The second-order valence-corrected chi connectivity index (χ2v) is 7.71. The number of anilines is 1. The van der Waals surface area contributed by atoms with Crippen molar-refractivity contribution >= 4 is 34.7 Å². The molecule has 2 aliphatic heterocycles.